The second-order valence-electron chi connectivity index (χ2n) is 6.25. The van der Waals surface area contributed by atoms with Crippen LogP contribution < -0.4 is 10.6 Å². The number of rotatable bonds is 4. The van der Waals surface area contributed by atoms with Crippen molar-refractivity contribution >= 4 is 18.3 Å². The van der Waals surface area contributed by atoms with Gasteiger partial charge in [0, 0.05) is 18.6 Å². The molecule has 2 rings (SSSR count). The summed E-state index contributed by atoms with van der Waals surface area (Å²) in [4.78, 5) is 14.4. The summed E-state index contributed by atoms with van der Waals surface area (Å²) >= 11 is 0. The molecule has 118 valence electrons. The molecule has 2 unspecified atom stereocenters. The second kappa shape index (κ2) is 7.59. The molecule has 1 saturated heterocycles. The lowest BCUT2D eigenvalue weighted by Gasteiger charge is -2.43. The summed E-state index contributed by atoms with van der Waals surface area (Å²) in [7, 11) is 4.21. The summed E-state index contributed by atoms with van der Waals surface area (Å²) in [6, 6.07) is -0.224. The fourth-order valence-corrected chi connectivity index (χ4v) is 3.28. The molecule has 20 heavy (non-hydrogen) atoms. The van der Waals surface area contributed by atoms with Gasteiger partial charge in [-0.05, 0) is 33.4 Å². The Morgan fingerprint density at radius 3 is 2.50 bits per heavy atom. The van der Waals surface area contributed by atoms with Gasteiger partial charge < -0.3 is 20.6 Å². The highest BCUT2D eigenvalue weighted by atomic mass is 35.5. The SMILES string of the molecule is CN(C)C1(CNC(=O)C2CC(O)CN2)CCCCC1.Cl. The lowest BCUT2D eigenvalue weighted by Crippen LogP contribution is -2.55. The highest BCUT2D eigenvalue weighted by molar-refractivity contribution is 5.85. The molecular formula is C14H28ClN3O2. The van der Waals surface area contributed by atoms with E-state index < -0.39 is 0 Å². The quantitative estimate of drug-likeness (QED) is 0.708. The van der Waals surface area contributed by atoms with E-state index >= 15 is 0 Å². The Balaban J connectivity index is 0.00000200. The van der Waals surface area contributed by atoms with E-state index in [9.17, 15) is 9.90 Å². The third-order valence-corrected chi connectivity index (χ3v) is 4.75. The lowest BCUT2D eigenvalue weighted by molar-refractivity contribution is -0.123. The minimum Gasteiger partial charge on any atom is -0.392 e. The number of β-amino-alcohol motifs (C(OH)–C–C–N with tert-alkyl or cyclic N) is 1. The lowest BCUT2D eigenvalue weighted by atomic mass is 9.80. The largest absolute Gasteiger partial charge is 0.392 e. The van der Waals surface area contributed by atoms with Crippen LogP contribution in [-0.2, 0) is 4.79 Å². The molecule has 1 amide bonds. The van der Waals surface area contributed by atoms with Gasteiger partial charge in [0.2, 0.25) is 5.91 Å². The molecule has 1 aliphatic heterocycles. The first kappa shape index (κ1) is 17.7. The van der Waals surface area contributed by atoms with Gasteiger partial charge in [0.25, 0.3) is 0 Å². The smallest absolute Gasteiger partial charge is 0.237 e. The van der Waals surface area contributed by atoms with E-state index in [2.05, 4.69) is 29.6 Å². The van der Waals surface area contributed by atoms with Crippen LogP contribution in [0, 0.1) is 0 Å². The van der Waals surface area contributed by atoms with Crippen LogP contribution in [0.1, 0.15) is 38.5 Å². The number of aliphatic hydroxyl groups is 1. The Morgan fingerprint density at radius 2 is 2.00 bits per heavy atom. The number of hydrogen-bond acceptors (Lipinski definition) is 4. The number of carbonyl (C=O) groups is 1. The Morgan fingerprint density at radius 1 is 1.35 bits per heavy atom. The number of likely N-dealkylation sites (N-methyl/N-ethyl adjacent to an activating group) is 1. The molecule has 0 aromatic carbocycles. The molecule has 0 aromatic rings. The summed E-state index contributed by atoms with van der Waals surface area (Å²) < 4.78 is 0. The number of aliphatic hydroxyl groups excluding tert-OH is 1. The van der Waals surface area contributed by atoms with Crippen LogP contribution in [-0.4, -0.2) is 60.8 Å². The van der Waals surface area contributed by atoms with E-state index in [1.54, 1.807) is 0 Å². The first-order valence-electron chi connectivity index (χ1n) is 7.40. The van der Waals surface area contributed by atoms with E-state index in [4.69, 9.17) is 0 Å². The molecular weight excluding hydrogens is 278 g/mol. The van der Waals surface area contributed by atoms with Crippen molar-refractivity contribution in [3.05, 3.63) is 0 Å². The first-order chi connectivity index (χ1) is 9.03. The van der Waals surface area contributed by atoms with Crippen molar-refractivity contribution in [2.75, 3.05) is 27.2 Å². The molecule has 0 bridgehead atoms. The molecule has 1 saturated carbocycles. The van der Waals surface area contributed by atoms with Gasteiger partial charge in [-0.25, -0.2) is 0 Å². The van der Waals surface area contributed by atoms with E-state index in [0.717, 1.165) is 12.8 Å². The molecule has 0 radical (unpaired) electrons. The molecule has 2 aliphatic rings. The van der Waals surface area contributed by atoms with Gasteiger partial charge in [-0.1, -0.05) is 19.3 Å². The van der Waals surface area contributed by atoms with E-state index in [0.29, 0.717) is 19.5 Å². The van der Waals surface area contributed by atoms with Gasteiger partial charge in [0.1, 0.15) is 0 Å². The Kier molecular flexibility index (Phi) is 6.72. The molecule has 0 spiro atoms. The van der Waals surface area contributed by atoms with Gasteiger partial charge in [0.15, 0.2) is 0 Å². The van der Waals surface area contributed by atoms with Crippen molar-refractivity contribution in [3.63, 3.8) is 0 Å². The van der Waals surface area contributed by atoms with Crippen molar-refractivity contribution < 1.29 is 9.90 Å². The third-order valence-electron chi connectivity index (χ3n) is 4.75. The van der Waals surface area contributed by atoms with Gasteiger partial charge in [-0.2, -0.15) is 0 Å². The summed E-state index contributed by atoms with van der Waals surface area (Å²) in [6.07, 6.45) is 6.25. The second-order valence-corrected chi connectivity index (χ2v) is 6.25. The number of amides is 1. The van der Waals surface area contributed by atoms with Crippen LogP contribution in [0.2, 0.25) is 0 Å². The van der Waals surface area contributed by atoms with Crippen LogP contribution in [0.25, 0.3) is 0 Å². The highest BCUT2D eigenvalue weighted by Crippen LogP contribution is 2.31. The van der Waals surface area contributed by atoms with E-state index in [1.165, 1.54) is 19.3 Å². The average Bonchev–Trinajstić information content (AvgIpc) is 2.83. The molecule has 5 nitrogen and oxygen atoms in total. The van der Waals surface area contributed by atoms with Gasteiger partial charge in [0.05, 0.1) is 12.1 Å². The van der Waals surface area contributed by atoms with Crippen LogP contribution >= 0.6 is 12.4 Å². The molecule has 2 atom stereocenters. The van der Waals surface area contributed by atoms with E-state index in [1.807, 2.05) is 0 Å². The van der Waals surface area contributed by atoms with Crippen LogP contribution in [0.3, 0.4) is 0 Å². The first-order valence-corrected chi connectivity index (χ1v) is 7.40. The molecule has 1 aliphatic carbocycles. The predicted molar refractivity (Wildman–Crippen MR) is 82.2 cm³/mol. The number of nitrogens with zero attached hydrogens (tertiary/aromatic N) is 1. The third kappa shape index (κ3) is 4.07. The van der Waals surface area contributed by atoms with E-state index in [-0.39, 0.29) is 36.0 Å². The fraction of sp³-hybridized carbons (Fsp3) is 0.929. The molecule has 0 aromatic heterocycles. The predicted octanol–water partition coefficient (Wildman–Crippen LogP) is 0.512. The van der Waals surface area contributed by atoms with Crippen molar-refractivity contribution in [2.24, 2.45) is 0 Å². The normalized spacial score (nSPS) is 29.0. The number of halogens is 1. The molecule has 3 N–H and O–H groups in total. The minimum atomic E-state index is -0.381. The number of carbonyl (C=O) groups excluding carboxylic acids is 1. The number of nitrogens with one attached hydrogen (secondary N) is 2. The number of hydrogen-bond donors (Lipinski definition) is 3. The van der Waals surface area contributed by atoms with Crippen molar-refractivity contribution in [1.29, 1.82) is 0 Å². The molecule has 2 fully saturated rings. The Bertz CT molecular complexity index is 320. The average molecular weight is 306 g/mol. The fourth-order valence-electron chi connectivity index (χ4n) is 3.28. The summed E-state index contributed by atoms with van der Waals surface area (Å²) in [5, 5.41) is 15.6. The topological polar surface area (TPSA) is 64.6 Å². The van der Waals surface area contributed by atoms with Crippen molar-refractivity contribution in [3.8, 4) is 0 Å². The summed E-state index contributed by atoms with van der Waals surface area (Å²) in [6.45, 7) is 1.24. The molecule has 6 heteroatoms. The van der Waals surface area contributed by atoms with Crippen molar-refractivity contribution in [2.45, 2.75) is 56.2 Å². The van der Waals surface area contributed by atoms with Crippen molar-refractivity contribution in [1.82, 2.24) is 15.5 Å². The summed E-state index contributed by atoms with van der Waals surface area (Å²) in [5.74, 6) is 0.0309. The van der Waals surface area contributed by atoms with Crippen LogP contribution in [0.4, 0.5) is 0 Å². The van der Waals surface area contributed by atoms with Crippen LogP contribution in [0.5, 0.6) is 0 Å². The van der Waals surface area contributed by atoms with Gasteiger partial charge >= 0.3 is 0 Å². The summed E-state index contributed by atoms with van der Waals surface area (Å²) in [5.41, 5.74) is 0.116. The maximum atomic E-state index is 12.1. The van der Waals surface area contributed by atoms with Gasteiger partial charge in [-0.3, -0.25) is 4.79 Å². The Hall–Kier alpha value is -0.360. The highest BCUT2D eigenvalue weighted by Gasteiger charge is 2.36. The zero-order valence-corrected chi connectivity index (χ0v) is 13.3. The zero-order chi connectivity index (χ0) is 13.9. The molecule has 1 heterocycles. The Labute approximate surface area is 127 Å². The maximum absolute atomic E-state index is 12.1. The minimum absolute atomic E-state index is 0. The monoisotopic (exact) mass is 305 g/mol. The van der Waals surface area contributed by atoms with Crippen LogP contribution in [0.15, 0.2) is 0 Å². The maximum Gasteiger partial charge on any atom is 0.237 e. The standard InChI is InChI=1S/C14H27N3O2.ClH/c1-17(2)14(6-4-3-5-7-14)10-16-13(19)12-8-11(18)9-15-12;/h11-12,15,18H,3-10H2,1-2H3,(H,16,19);1H. The van der Waals surface area contributed by atoms with Gasteiger partial charge in [-0.15, -0.1) is 12.4 Å². The zero-order valence-electron chi connectivity index (χ0n) is 12.5.